The minimum Gasteiger partial charge on any atom is -0.479 e. The monoisotopic (exact) mass is 371 g/mol. The Morgan fingerprint density at radius 1 is 1.27 bits per heavy atom. The van der Waals surface area contributed by atoms with Gasteiger partial charge in [0.25, 0.3) is 5.91 Å². The fraction of sp³-hybridized carbons (Fsp3) is 0.211. The minimum absolute atomic E-state index is 0.119. The molecule has 3 rings (SSSR count). The number of nitrogens with zero attached hydrogens (tertiary/aromatic N) is 2. The van der Waals surface area contributed by atoms with E-state index in [4.69, 9.17) is 20.9 Å². The molecule has 0 bridgehead atoms. The summed E-state index contributed by atoms with van der Waals surface area (Å²) in [6.07, 6.45) is -0.714. The van der Waals surface area contributed by atoms with Crippen LogP contribution in [-0.4, -0.2) is 22.2 Å². The van der Waals surface area contributed by atoms with Gasteiger partial charge in [0.05, 0.1) is 11.6 Å². The van der Waals surface area contributed by atoms with E-state index in [0.29, 0.717) is 22.5 Å². The molecule has 3 aromatic rings. The van der Waals surface area contributed by atoms with Crippen molar-refractivity contribution in [3.63, 3.8) is 0 Å². The van der Waals surface area contributed by atoms with E-state index in [1.165, 1.54) is 0 Å². The molecular formula is C19H18ClN3O3. The summed E-state index contributed by atoms with van der Waals surface area (Å²) < 4.78 is 10.8. The number of benzene rings is 2. The van der Waals surface area contributed by atoms with E-state index < -0.39 is 6.10 Å². The van der Waals surface area contributed by atoms with Crippen LogP contribution in [0.3, 0.4) is 0 Å². The highest BCUT2D eigenvalue weighted by Gasteiger charge is 2.17. The molecule has 0 aliphatic carbocycles. The van der Waals surface area contributed by atoms with Crippen molar-refractivity contribution in [2.24, 2.45) is 0 Å². The number of nitrogens with one attached hydrogen (secondary N) is 1. The van der Waals surface area contributed by atoms with Crippen LogP contribution in [0.25, 0.3) is 11.4 Å². The molecule has 7 heteroatoms. The van der Waals surface area contributed by atoms with Gasteiger partial charge in [-0.1, -0.05) is 52.7 Å². The average molecular weight is 372 g/mol. The highest BCUT2D eigenvalue weighted by atomic mass is 35.5. The Labute approximate surface area is 156 Å². The maximum absolute atomic E-state index is 12.2. The predicted molar refractivity (Wildman–Crippen MR) is 97.9 cm³/mol. The van der Waals surface area contributed by atoms with Crippen LogP contribution in [0.15, 0.2) is 53.1 Å². The first kappa shape index (κ1) is 17.9. The lowest BCUT2D eigenvalue weighted by molar-refractivity contribution is -0.127. The van der Waals surface area contributed by atoms with Gasteiger partial charge in [0.15, 0.2) is 6.10 Å². The first-order valence-electron chi connectivity index (χ1n) is 8.11. The zero-order valence-electron chi connectivity index (χ0n) is 14.4. The van der Waals surface area contributed by atoms with Crippen molar-refractivity contribution in [3.8, 4) is 17.1 Å². The van der Waals surface area contributed by atoms with Gasteiger partial charge in [-0.05, 0) is 32.0 Å². The molecule has 2 aromatic carbocycles. The van der Waals surface area contributed by atoms with Gasteiger partial charge in [-0.3, -0.25) is 4.79 Å². The Morgan fingerprint density at radius 2 is 2.08 bits per heavy atom. The smallest absolute Gasteiger partial charge is 0.261 e. The van der Waals surface area contributed by atoms with Crippen molar-refractivity contribution in [2.75, 3.05) is 0 Å². The number of halogens is 1. The number of amides is 1. The molecule has 0 saturated heterocycles. The SMILES string of the molecule is Cc1cccc(-c2noc(CNC(=O)C(C)Oc3ccccc3Cl)n2)c1. The van der Waals surface area contributed by atoms with E-state index in [-0.39, 0.29) is 12.5 Å². The van der Waals surface area contributed by atoms with Crippen LogP contribution in [0.5, 0.6) is 5.75 Å². The Balaban J connectivity index is 1.57. The molecule has 1 unspecified atom stereocenters. The van der Waals surface area contributed by atoms with E-state index in [2.05, 4.69) is 15.5 Å². The number of hydrogen-bond donors (Lipinski definition) is 1. The van der Waals surface area contributed by atoms with Crippen molar-refractivity contribution in [2.45, 2.75) is 26.5 Å². The van der Waals surface area contributed by atoms with Crippen LogP contribution in [0.2, 0.25) is 5.02 Å². The zero-order chi connectivity index (χ0) is 18.5. The van der Waals surface area contributed by atoms with Gasteiger partial charge >= 0.3 is 0 Å². The number of hydrogen-bond acceptors (Lipinski definition) is 5. The second-order valence-electron chi connectivity index (χ2n) is 5.79. The van der Waals surface area contributed by atoms with Crippen LogP contribution in [0.1, 0.15) is 18.4 Å². The summed E-state index contributed by atoms with van der Waals surface area (Å²) in [6, 6.07) is 14.8. The van der Waals surface area contributed by atoms with Crippen LogP contribution in [0.4, 0.5) is 0 Å². The molecular weight excluding hydrogens is 354 g/mol. The van der Waals surface area contributed by atoms with Gasteiger partial charge in [0.1, 0.15) is 5.75 Å². The maximum atomic E-state index is 12.2. The van der Waals surface area contributed by atoms with Crippen molar-refractivity contribution in [1.29, 1.82) is 0 Å². The summed E-state index contributed by atoms with van der Waals surface area (Å²) in [4.78, 5) is 16.5. The Kier molecular flexibility index (Phi) is 5.53. The lowest BCUT2D eigenvalue weighted by Gasteiger charge is -2.14. The molecule has 0 radical (unpaired) electrons. The molecule has 1 atom stereocenters. The third-order valence-electron chi connectivity index (χ3n) is 3.67. The van der Waals surface area contributed by atoms with Gasteiger partial charge in [-0.15, -0.1) is 0 Å². The largest absolute Gasteiger partial charge is 0.479 e. The van der Waals surface area contributed by atoms with Crippen LogP contribution in [0, 0.1) is 6.92 Å². The molecule has 0 saturated carbocycles. The van der Waals surface area contributed by atoms with E-state index >= 15 is 0 Å². The lowest BCUT2D eigenvalue weighted by Crippen LogP contribution is -2.36. The molecule has 6 nitrogen and oxygen atoms in total. The van der Waals surface area contributed by atoms with Crippen molar-refractivity contribution >= 4 is 17.5 Å². The van der Waals surface area contributed by atoms with E-state index in [0.717, 1.165) is 11.1 Å². The van der Waals surface area contributed by atoms with Crippen LogP contribution < -0.4 is 10.1 Å². The number of aromatic nitrogens is 2. The van der Waals surface area contributed by atoms with E-state index in [1.807, 2.05) is 31.2 Å². The molecule has 0 aliphatic rings. The predicted octanol–water partition coefficient (Wildman–Crippen LogP) is 3.78. The first-order chi connectivity index (χ1) is 12.5. The number of rotatable bonds is 6. The van der Waals surface area contributed by atoms with Gasteiger partial charge in [0.2, 0.25) is 11.7 Å². The van der Waals surface area contributed by atoms with Crippen molar-refractivity contribution in [1.82, 2.24) is 15.5 Å². The highest BCUT2D eigenvalue weighted by Crippen LogP contribution is 2.24. The minimum atomic E-state index is -0.714. The number of carbonyl (C=O) groups excluding carboxylic acids is 1. The van der Waals surface area contributed by atoms with Crippen molar-refractivity contribution < 1.29 is 14.1 Å². The van der Waals surface area contributed by atoms with E-state index in [9.17, 15) is 4.79 Å². The Bertz CT molecular complexity index is 910. The Hall–Kier alpha value is -2.86. The van der Waals surface area contributed by atoms with Gasteiger partial charge in [0, 0.05) is 5.56 Å². The number of carbonyl (C=O) groups is 1. The van der Waals surface area contributed by atoms with Crippen LogP contribution >= 0.6 is 11.6 Å². The third kappa shape index (κ3) is 4.40. The summed E-state index contributed by atoms with van der Waals surface area (Å²) in [5.74, 6) is 0.953. The average Bonchev–Trinajstić information content (AvgIpc) is 3.10. The van der Waals surface area contributed by atoms with Crippen LogP contribution in [-0.2, 0) is 11.3 Å². The summed E-state index contributed by atoms with van der Waals surface area (Å²) in [6.45, 7) is 3.75. The normalized spacial score (nSPS) is 11.8. The molecule has 134 valence electrons. The molecule has 0 aliphatic heterocycles. The fourth-order valence-electron chi connectivity index (χ4n) is 2.32. The lowest BCUT2D eigenvalue weighted by atomic mass is 10.1. The second kappa shape index (κ2) is 8.01. The van der Waals surface area contributed by atoms with Gasteiger partial charge in [-0.2, -0.15) is 4.98 Å². The topological polar surface area (TPSA) is 77.2 Å². The number of ether oxygens (including phenoxy) is 1. The highest BCUT2D eigenvalue weighted by molar-refractivity contribution is 6.32. The Morgan fingerprint density at radius 3 is 2.85 bits per heavy atom. The quantitative estimate of drug-likeness (QED) is 0.713. The third-order valence-corrected chi connectivity index (χ3v) is 3.98. The molecule has 1 N–H and O–H groups in total. The number of aryl methyl sites for hydroxylation is 1. The van der Waals surface area contributed by atoms with Gasteiger partial charge in [-0.25, -0.2) is 0 Å². The molecule has 1 aromatic heterocycles. The fourth-order valence-corrected chi connectivity index (χ4v) is 2.50. The van der Waals surface area contributed by atoms with Crippen molar-refractivity contribution in [3.05, 3.63) is 65.0 Å². The second-order valence-corrected chi connectivity index (χ2v) is 6.20. The maximum Gasteiger partial charge on any atom is 0.261 e. The van der Waals surface area contributed by atoms with Gasteiger partial charge < -0.3 is 14.6 Å². The number of para-hydroxylation sites is 1. The summed E-state index contributed by atoms with van der Waals surface area (Å²) in [5, 5.41) is 7.11. The molecule has 26 heavy (non-hydrogen) atoms. The van der Waals surface area contributed by atoms with E-state index in [1.54, 1.807) is 31.2 Å². The summed E-state index contributed by atoms with van der Waals surface area (Å²) in [5.41, 5.74) is 1.97. The molecule has 0 fully saturated rings. The molecule has 1 amide bonds. The molecule has 1 heterocycles. The first-order valence-corrected chi connectivity index (χ1v) is 8.49. The summed E-state index contributed by atoms with van der Waals surface area (Å²) >= 11 is 6.03. The standard InChI is InChI=1S/C19H18ClN3O3/c1-12-6-5-7-14(10-12)18-22-17(26-23-18)11-21-19(24)13(2)25-16-9-4-3-8-15(16)20/h3-10,13H,11H2,1-2H3,(H,21,24). The summed E-state index contributed by atoms with van der Waals surface area (Å²) in [7, 11) is 0. The zero-order valence-corrected chi connectivity index (χ0v) is 15.2. The molecule has 0 spiro atoms.